The molecule has 0 aliphatic rings. The topological polar surface area (TPSA) is 145 Å². The number of alkyl halides is 2. The fourth-order valence-electron chi connectivity index (χ4n) is 1.13. The summed E-state index contributed by atoms with van der Waals surface area (Å²) >= 11 is 11.2. The number of nitro groups is 2. The Morgan fingerprint density at radius 1 is 0.955 bits per heavy atom. The average Bonchev–Trinajstić information content (AvgIpc) is 2.38. The maximum Gasteiger partial charge on any atom is 0.469 e. The van der Waals surface area contributed by atoms with E-state index in [1.165, 1.54) is 13.8 Å². The molecule has 14 heteroatoms. The van der Waals surface area contributed by atoms with Gasteiger partial charge in [-0.25, -0.2) is 29.8 Å². The first-order valence-electron chi connectivity index (χ1n) is 5.67. The number of nitrogens with zero attached hydrogens (tertiary/aromatic N) is 4. The van der Waals surface area contributed by atoms with Crippen molar-refractivity contribution >= 4 is 35.4 Å². The van der Waals surface area contributed by atoms with Gasteiger partial charge in [0.1, 0.15) is 0 Å². The highest BCUT2D eigenvalue weighted by molar-refractivity contribution is 6.30. The molecule has 0 aromatic carbocycles. The molecule has 0 N–H and O–H groups in total. The molecule has 0 rings (SSSR count). The van der Waals surface area contributed by atoms with Crippen LogP contribution in [0.2, 0.25) is 0 Å². The molecule has 12 nitrogen and oxygen atoms in total. The number of rotatable bonds is 7. The summed E-state index contributed by atoms with van der Waals surface area (Å²) in [6.45, 7) is 2.33. The van der Waals surface area contributed by atoms with Crippen LogP contribution in [-0.4, -0.2) is 56.5 Å². The first kappa shape index (κ1) is 19.9. The van der Waals surface area contributed by atoms with E-state index in [0.717, 1.165) is 0 Å². The van der Waals surface area contributed by atoms with E-state index in [4.69, 9.17) is 23.2 Å². The molecule has 2 unspecified atom stereocenters. The second-order valence-electron chi connectivity index (χ2n) is 3.31. The highest BCUT2D eigenvalue weighted by atomic mass is 35.5. The molecule has 126 valence electrons. The number of ether oxygens (including phenoxy) is 2. The Kier molecular flexibility index (Phi) is 8.19. The van der Waals surface area contributed by atoms with Crippen LogP contribution < -0.4 is 0 Å². The number of carbonyl (C=O) groups is 2. The number of halogens is 2. The lowest BCUT2D eigenvalue weighted by atomic mass is 10.5. The van der Waals surface area contributed by atoms with Crippen molar-refractivity contribution in [1.82, 2.24) is 10.0 Å². The Labute approximate surface area is 133 Å². The molecule has 0 bridgehead atoms. The van der Waals surface area contributed by atoms with Crippen LogP contribution >= 0.6 is 23.2 Å². The first-order valence-corrected chi connectivity index (χ1v) is 6.54. The van der Waals surface area contributed by atoms with Gasteiger partial charge in [-0.15, -0.1) is 0 Å². The van der Waals surface area contributed by atoms with Crippen molar-refractivity contribution in [2.24, 2.45) is 0 Å². The van der Waals surface area contributed by atoms with E-state index in [9.17, 15) is 29.8 Å². The van der Waals surface area contributed by atoms with Gasteiger partial charge in [-0.3, -0.25) is 0 Å². The van der Waals surface area contributed by atoms with E-state index in [1.807, 2.05) is 0 Å². The lowest BCUT2D eigenvalue weighted by molar-refractivity contribution is -0.659. The van der Waals surface area contributed by atoms with Gasteiger partial charge in [0.2, 0.25) is 11.0 Å². The summed E-state index contributed by atoms with van der Waals surface area (Å²) in [6.07, 6.45) is -2.99. The minimum Gasteiger partial charge on any atom is -0.446 e. The Hall–Kier alpha value is -2.08. The van der Waals surface area contributed by atoms with Gasteiger partial charge in [0.05, 0.1) is 13.2 Å². The van der Waals surface area contributed by atoms with Gasteiger partial charge in [-0.05, 0) is 13.8 Å². The fraction of sp³-hybridized carbons (Fsp3) is 0.750. The molecule has 0 saturated heterocycles. The van der Waals surface area contributed by atoms with E-state index < -0.39 is 33.3 Å². The van der Waals surface area contributed by atoms with E-state index in [2.05, 4.69) is 9.47 Å². The van der Waals surface area contributed by atoms with E-state index in [1.54, 1.807) is 0 Å². The van der Waals surface area contributed by atoms with Gasteiger partial charge in [0.25, 0.3) is 0 Å². The van der Waals surface area contributed by atoms with Gasteiger partial charge < -0.3 is 9.47 Å². The van der Waals surface area contributed by atoms with Crippen LogP contribution in [0.3, 0.4) is 0 Å². The Morgan fingerprint density at radius 2 is 1.23 bits per heavy atom. The standard InChI is InChI=1S/C8H12Cl2N4O8/c1-3-21-7(15)11(13(17)18)5(9)6(10)12(14(19)20)8(16)22-4-2/h5-6H,3-4H2,1-2H3. The normalized spacial score (nSPS) is 12.7. The van der Waals surface area contributed by atoms with Gasteiger partial charge in [0, 0.05) is 10.0 Å². The molecule has 2 amide bonds. The van der Waals surface area contributed by atoms with Crippen molar-refractivity contribution in [3.05, 3.63) is 20.2 Å². The third-order valence-electron chi connectivity index (χ3n) is 1.96. The molecule has 0 heterocycles. The Morgan fingerprint density at radius 3 is 1.41 bits per heavy atom. The monoisotopic (exact) mass is 362 g/mol. The second kappa shape index (κ2) is 9.04. The first-order chi connectivity index (χ1) is 10.2. The Bertz CT molecular complexity index is 410. The highest BCUT2D eigenvalue weighted by Gasteiger charge is 2.47. The third-order valence-corrected chi connectivity index (χ3v) is 2.93. The van der Waals surface area contributed by atoms with Crippen LogP contribution in [0, 0.1) is 20.2 Å². The molecular weight excluding hydrogens is 351 g/mol. The predicted octanol–water partition coefficient (Wildman–Crippen LogP) is 1.42. The summed E-state index contributed by atoms with van der Waals surface area (Å²) in [5.74, 6) is 0. The molecule has 0 aliphatic heterocycles. The molecule has 0 fully saturated rings. The molecule has 0 saturated carbocycles. The summed E-state index contributed by atoms with van der Waals surface area (Å²) in [5.41, 5.74) is -4.18. The maximum atomic E-state index is 11.4. The fourth-order valence-corrected chi connectivity index (χ4v) is 1.64. The van der Waals surface area contributed by atoms with Crippen LogP contribution in [0.25, 0.3) is 0 Å². The number of hydrogen-bond acceptors (Lipinski definition) is 8. The van der Waals surface area contributed by atoms with Crippen LogP contribution in [0.15, 0.2) is 0 Å². The number of hydrazine groups is 2. The lowest BCUT2D eigenvalue weighted by Crippen LogP contribution is -2.54. The van der Waals surface area contributed by atoms with Crippen molar-refractivity contribution in [1.29, 1.82) is 0 Å². The third kappa shape index (κ3) is 5.04. The highest BCUT2D eigenvalue weighted by Crippen LogP contribution is 2.21. The zero-order valence-electron chi connectivity index (χ0n) is 11.4. The second-order valence-corrected chi connectivity index (χ2v) is 4.20. The molecule has 0 aromatic heterocycles. The van der Waals surface area contributed by atoms with E-state index >= 15 is 0 Å². The molecular formula is C8H12Cl2N4O8. The Balaban J connectivity index is 5.37. The van der Waals surface area contributed by atoms with Gasteiger partial charge >= 0.3 is 12.2 Å². The van der Waals surface area contributed by atoms with E-state index in [-0.39, 0.29) is 23.2 Å². The van der Waals surface area contributed by atoms with Crippen molar-refractivity contribution in [2.45, 2.75) is 24.8 Å². The van der Waals surface area contributed by atoms with E-state index in [0.29, 0.717) is 0 Å². The van der Waals surface area contributed by atoms with Crippen LogP contribution in [0.1, 0.15) is 13.8 Å². The minimum absolute atomic E-state index is 0.212. The van der Waals surface area contributed by atoms with Crippen molar-refractivity contribution < 1.29 is 29.1 Å². The molecule has 2 atom stereocenters. The summed E-state index contributed by atoms with van der Waals surface area (Å²) in [6, 6.07) is 0. The van der Waals surface area contributed by atoms with Crippen LogP contribution in [0.5, 0.6) is 0 Å². The summed E-state index contributed by atoms with van der Waals surface area (Å²) < 4.78 is 8.77. The SMILES string of the molecule is CCOC(=O)N(C(Cl)C(Cl)N(C(=O)OCC)[N+](=O)[O-])[N+](=O)[O-]. The smallest absolute Gasteiger partial charge is 0.446 e. The summed E-state index contributed by atoms with van der Waals surface area (Å²) in [5, 5.41) is 18.6. The van der Waals surface area contributed by atoms with Gasteiger partial charge in [-0.1, -0.05) is 23.2 Å². The molecule has 0 spiro atoms. The number of amides is 2. The average molecular weight is 363 g/mol. The lowest BCUT2D eigenvalue weighted by Gasteiger charge is -2.23. The van der Waals surface area contributed by atoms with Crippen molar-refractivity contribution in [3.63, 3.8) is 0 Å². The maximum absolute atomic E-state index is 11.4. The van der Waals surface area contributed by atoms with Crippen LogP contribution in [0.4, 0.5) is 9.59 Å². The largest absolute Gasteiger partial charge is 0.469 e. The van der Waals surface area contributed by atoms with Crippen molar-refractivity contribution in [2.75, 3.05) is 13.2 Å². The summed E-state index contributed by atoms with van der Waals surface area (Å²) in [4.78, 5) is 44.5. The van der Waals surface area contributed by atoms with Crippen molar-refractivity contribution in [3.8, 4) is 0 Å². The summed E-state index contributed by atoms with van der Waals surface area (Å²) in [7, 11) is 0. The van der Waals surface area contributed by atoms with Gasteiger partial charge in [0.15, 0.2) is 10.1 Å². The zero-order valence-corrected chi connectivity index (χ0v) is 12.9. The zero-order chi connectivity index (χ0) is 17.4. The molecule has 0 aromatic rings. The minimum atomic E-state index is -2.09. The molecule has 0 radical (unpaired) electrons. The van der Waals surface area contributed by atoms with Gasteiger partial charge in [-0.2, -0.15) is 0 Å². The quantitative estimate of drug-likeness (QED) is 0.286. The predicted molar refractivity (Wildman–Crippen MR) is 71.0 cm³/mol. The number of hydrogen-bond donors (Lipinski definition) is 0. The molecule has 0 aliphatic carbocycles. The molecule has 22 heavy (non-hydrogen) atoms. The number of carbonyl (C=O) groups excluding carboxylic acids is 2. The van der Waals surface area contributed by atoms with Crippen LogP contribution in [-0.2, 0) is 9.47 Å².